The number of carbonyl (C=O) groups is 1. The Morgan fingerprint density at radius 1 is 1.43 bits per heavy atom. The van der Waals surface area contributed by atoms with Gasteiger partial charge in [0.25, 0.3) is 5.91 Å². The van der Waals surface area contributed by atoms with Crippen LogP contribution in [0.4, 0.5) is 5.69 Å². The summed E-state index contributed by atoms with van der Waals surface area (Å²) in [6.45, 7) is 1.74. The number of hydrogen-bond acceptors (Lipinski definition) is 5. The number of anilines is 1. The minimum absolute atomic E-state index is 0.105. The number of aromatic nitrogens is 1. The van der Waals surface area contributed by atoms with Gasteiger partial charge in [-0.1, -0.05) is 17.7 Å². The summed E-state index contributed by atoms with van der Waals surface area (Å²) in [4.78, 5) is 12.1. The number of sulfone groups is 1. The van der Waals surface area contributed by atoms with E-state index >= 15 is 0 Å². The topological polar surface area (TPSA) is 76.1 Å². The van der Waals surface area contributed by atoms with Gasteiger partial charge < -0.3 is 5.32 Å². The van der Waals surface area contributed by atoms with Gasteiger partial charge in [0.1, 0.15) is 0 Å². The molecule has 2 aromatic rings. The van der Waals surface area contributed by atoms with Crippen LogP contribution < -0.4 is 5.32 Å². The second-order valence-electron chi connectivity index (χ2n) is 4.65. The fourth-order valence-electron chi connectivity index (χ4n) is 1.76. The molecule has 1 aromatic carbocycles. The van der Waals surface area contributed by atoms with Gasteiger partial charge in [0.15, 0.2) is 9.84 Å². The molecule has 1 aromatic heterocycles. The fourth-order valence-corrected chi connectivity index (χ4v) is 3.40. The Kier molecular flexibility index (Phi) is 4.65. The molecule has 1 amide bonds. The van der Waals surface area contributed by atoms with Crippen LogP contribution in [0.3, 0.4) is 0 Å². The van der Waals surface area contributed by atoms with Crippen LogP contribution in [0.1, 0.15) is 21.6 Å². The van der Waals surface area contributed by atoms with Gasteiger partial charge in [-0.15, -0.1) is 0 Å². The van der Waals surface area contributed by atoms with Crippen molar-refractivity contribution in [3.05, 3.63) is 45.4 Å². The Morgan fingerprint density at radius 3 is 2.71 bits per heavy atom. The van der Waals surface area contributed by atoms with E-state index in [1.54, 1.807) is 30.5 Å². The maximum Gasteiger partial charge on any atom is 0.258 e. The van der Waals surface area contributed by atoms with Gasteiger partial charge in [-0.05, 0) is 36.2 Å². The van der Waals surface area contributed by atoms with Gasteiger partial charge in [-0.2, -0.15) is 4.37 Å². The van der Waals surface area contributed by atoms with Crippen molar-refractivity contribution in [3.8, 4) is 0 Å². The molecule has 112 valence electrons. The van der Waals surface area contributed by atoms with Crippen molar-refractivity contribution in [3.63, 3.8) is 0 Å². The van der Waals surface area contributed by atoms with E-state index < -0.39 is 9.84 Å². The molecule has 0 spiro atoms. The Morgan fingerprint density at radius 2 is 2.14 bits per heavy atom. The van der Waals surface area contributed by atoms with Crippen LogP contribution in [0.2, 0.25) is 5.02 Å². The molecule has 2 rings (SSSR count). The van der Waals surface area contributed by atoms with Crippen molar-refractivity contribution in [2.45, 2.75) is 12.7 Å². The van der Waals surface area contributed by atoms with E-state index in [2.05, 4.69) is 9.69 Å². The average molecular weight is 345 g/mol. The van der Waals surface area contributed by atoms with Crippen molar-refractivity contribution in [2.24, 2.45) is 0 Å². The molecular formula is C13H13ClN2O3S2. The number of halogens is 1. The van der Waals surface area contributed by atoms with Crippen molar-refractivity contribution in [2.75, 3.05) is 11.6 Å². The first-order valence-electron chi connectivity index (χ1n) is 5.95. The summed E-state index contributed by atoms with van der Waals surface area (Å²) in [5, 5.41) is 4.68. The maximum absolute atomic E-state index is 12.1. The molecular weight excluding hydrogens is 332 g/mol. The first-order chi connectivity index (χ1) is 9.76. The highest BCUT2D eigenvalue weighted by Crippen LogP contribution is 2.25. The molecule has 0 aliphatic rings. The number of carbonyl (C=O) groups excluding carboxylic acids is 1. The standard InChI is InChI=1S/C13H13ClN2O3S2/c1-8-10(6-20-16-8)13(17)15-12-5-9(3-4-11(12)14)7-21(2,18)19/h3-6H,7H2,1-2H3,(H,15,17). The first-order valence-corrected chi connectivity index (χ1v) is 9.22. The van der Waals surface area contributed by atoms with E-state index in [1.807, 2.05) is 0 Å². The summed E-state index contributed by atoms with van der Waals surface area (Å²) in [7, 11) is -3.15. The van der Waals surface area contributed by atoms with E-state index in [0.29, 0.717) is 27.5 Å². The SMILES string of the molecule is Cc1nscc1C(=O)Nc1cc(CS(C)(=O)=O)ccc1Cl. The third-order valence-corrected chi connectivity index (χ3v) is 4.61. The fraction of sp³-hybridized carbons (Fsp3) is 0.231. The molecule has 0 radical (unpaired) electrons. The van der Waals surface area contributed by atoms with Gasteiger partial charge in [-0.25, -0.2) is 8.42 Å². The molecule has 5 nitrogen and oxygen atoms in total. The number of benzene rings is 1. The van der Waals surface area contributed by atoms with Crippen molar-refractivity contribution < 1.29 is 13.2 Å². The molecule has 1 N–H and O–H groups in total. The van der Waals surface area contributed by atoms with Gasteiger partial charge in [-0.3, -0.25) is 4.79 Å². The van der Waals surface area contributed by atoms with E-state index in [1.165, 1.54) is 11.5 Å². The third-order valence-electron chi connectivity index (χ3n) is 2.70. The Labute approximate surface area is 132 Å². The van der Waals surface area contributed by atoms with Crippen LogP contribution in [-0.4, -0.2) is 25.0 Å². The highest BCUT2D eigenvalue weighted by molar-refractivity contribution is 7.89. The minimum atomic E-state index is -3.15. The quantitative estimate of drug-likeness (QED) is 0.925. The van der Waals surface area contributed by atoms with Crippen LogP contribution in [0.25, 0.3) is 0 Å². The van der Waals surface area contributed by atoms with Crippen LogP contribution in [-0.2, 0) is 15.6 Å². The average Bonchev–Trinajstić information content (AvgIpc) is 2.78. The zero-order valence-corrected chi connectivity index (χ0v) is 13.8. The van der Waals surface area contributed by atoms with Gasteiger partial charge in [0, 0.05) is 11.6 Å². The lowest BCUT2D eigenvalue weighted by Crippen LogP contribution is -2.13. The highest BCUT2D eigenvalue weighted by Gasteiger charge is 2.14. The van der Waals surface area contributed by atoms with E-state index in [-0.39, 0.29) is 11.7 Å². The van der Waals surface area contributed by atoms with Gasteiger partial charge in [0.05, 0.1) is 27.7 Å². The Hall–Kier alpha value is -1.44. The summed E-state index contributed by atoms with van der Waals surface area (Å²) < 4.78 is 26.7. The molecule has 0 fully saturated rings. The molecule has 21 heavy (non-hydrogen) atoms. The van der Waals surface area contributed by atoms with E-state index in [4.69, 9.17) is 11.6 Å². The largest absolute Gasteiger partial charge is 0.321 e. The minimum Gasteiger partial charge on any atom is -0.321 e. The summed E-state index contributed by atoms with van der Waals surface area (Å²) in [5.41, 5.74) is 2.07. The summed E-state index contributed by atoms with van der Waals surface area (Å²) >= 11 is 7.23. The van der Waals surface area contributed by atoms with Gasteiger partial charge >= 0.3 is 0 Å². The van der Waals surface area contributed by atoms with Crippen molar-refractivity contribution >= 4 is 44.6 Å². The molecule has 1 heterocycles. The summed E-state index contributed by atoms with van der Waals surface area (Å²) in [6.07, 6.45) is 1.15. The van der Waals surface area contributed by atoms with Crippen LogP contribution in [0.15, 0.2) is 23.6 Å². The normalized spacial score (nSPS) is 11.4. The molecule has 0 aliphatic carbocycles. The number of nitrogens with zero attached hydrogens (tertiary/aromatic N) is 1. The molecule has 0 unspecified atom stereocenters. The number of hydrogen-bond donors (Lipinski definition) is 1. The molecule has 0 bridgehead atoms. The molecule has 0 saturated carbocycles. The van der Waals surface area contributed by atoms with E-state index in [9.17, 15) is 13.2 Å². The zero-order valence-electron chi connectivity index (χ0n) is 11.4. The lowest BCUT2D eigenvalue weighted by Gasteiger charge is -2.09. The number of aryl methyl sites for hydroxylation is 1. The third kappa shape index (κ3) is 4.26. The number of amides is 1. The molecule has 0 atom stereocenters. The lowest BCUT2D eigenvalue weighted by atomic mass is 10.2. The predicted molar refractivity (Wildman–Crippen MR) is 84.8 cm³/mol. The van der Waals surface area contributed by atoms with Crippen molar-refractivity contribution in [1.82, 2.24) is 4.37 Å². The second kappa shape index (κ2) is 6.13. The number of rotatable bonds is 4. The van der Waals surface area contributed by atoms with Crippen LogP contribution in [0, 0.1) is 6.92 Å². The maximum atomic E-state index is 12.1. The van der Waals surface area contributed by atoms with Crippen LogP contribution in [0.5, 0.6) is 0 Å². The molecule has 0 saturated heterocycles. The first kappa shape index (κ1) is 15.9. The lowest BCUT2D eigenvalue weighted by molar-refractivity contribution is 0.102. The molecule has 0 aliphatic heterocycles. The highest BCUT2D eigenvalue weighted by atomic mass is 35.5. The zero-order chi connectivity index (χ0) is 15.6. The van der Waals surface area contributed by atoms with Gasteiger partial charge in [0.2, 0.25) is 0 Å². The Bertz CT molecular complexity index is 784. The number of nitrogens with one attached hydrogen (secondary N) is 1. The van der Waals surface area contributed by atoms with Crippen LogP contribution >= 0.6 is 23.1 Å². The summed E-state index contributed by atoms with van der Waals surface area (Å²) in [5.74, 6) is -0.425. The predicted octanol–water partition coefficient (Wildman–Crippen LogP) is 2.90. The van der Waals surface area contributed by atoms with Crippen molar-refractivity contribution in [1.29, 1.82) is 0 Å². The van der Waals surface area contributed by atoms with E-state index in [0.717, 1.165) is 6.26 Å². The Balaban J connectivity index is 2.25. The smallest absolute Gasteiger partial charge is 0.258 e. The molecule has 8 heteroatoms. The monoisotopic (exact) mass is 344 g/mol. The second-order valence-corrected chi connectivity index (χ2v) is 7.83. The summed E-state index contributed by atoms with van der Waals surface area (Å²) in [6, 6.07) is 4.75.